The van der Waals surface area contributed by atoms with Crippen LogP contribution in [0.2, 0.25) is 0 Å². The van der Waals surface area contributed by atoms with Crippen molar-refractivity contribution in [3.8, 4) is 0 Å². The summed E-state index contributed by atoms with van der Waals surface area (Å²) < 4.78 is 12.0. The van der Waals surface area contributed by atoms with Crippen LogP contribution in [0.25, 0.3) is 6.08 Å². The summed E-state index contributed by atoms with van der Waals surface area (Å²) in [5, 5.41) is 2.61. The minimum Gasteiger partial charge on any atom is -0.440 e. The van der Waals surface area contributed by atoms with Gasteiger partial charge in [0, 0.05) is 19.2 Å². The Morgan fingerprint density at radius 3 is 2.57 bits per heavy atom. The van der Waals surface area contributed by atoms with E-state index >= 15 is 0 Å². The first kappa shape index (κ1) is 18.9. The van der Waals surface area contributed by atoms with Crippen LogP contribution in [0, 0.1) is 0 Å². The average Bonchev–Trinajstić information content (AvgIpc) is 3.07. The Bertz CT molecular complexity index is 967. The van der Waals surface area contributed by atoms with E-state index in [0.717, 1.165) is 4.47 Å². The lowest BCUT2D eigenvalue weighted by Crippen LogP contribution is -2.54. The van der Waals surface area contributed by atoms with Crippen molar-refractivity contribution in [3.63, 3.8) is 0 Å². The molecule has 0 aliphatic carbocycles. The number of thiocarbonyl (C=S) groups is 1. The number of furan rings is 1. The number of nitrogens with zero attached hydrogens (tertiary/aromatic N) is 2. The predicted octanol–water partition coefficient (Wildman–Crippen LogP) is 2.71. The molecule has 3 heterocycles. The maximum Gasteiger partial charge on any atom is 0.270 e. The summed E-state index contributed by atoms with van der Waals surface area (Å²) >= 11 is 8.67. The summed E-state index contributed by atoms with van der Waals surface area (Å²) in [6.45, 7) is 2.65. The van der Waals surface area contributed by atoms with E-state index in [1.54, 1.807) is 30.3 Å². The van der Waals surface area contributed by atoms with Crippen LogP contribution < -0.4 is 15.1 Å². The summed E-state index contributed by atoms with van der Waals surface area (Å²) in [5.41, 5.74) is 0.533. The maximum atomic E-state index is 13.0. The van der Waals surface area contributed by atoms with E-state index in [-0.39, 0.29) is 10.7 Å². The SMILES string of the molecule is O=C1NC(=S)N(c2ccccc2)C(=O)/C1=C/c1cc(Br)c(N2CCOCC2)o1. The molecule has 0 spiro atoms. The van der Waals surface area contributed by atoms with Gasteiger partial charge in [0.2, 0.25) is 5.88 Å². The number of ether oxygens (including phenoxy) is 1. The molecule has 0 unspecified atom stereocenters. The third kappa shape index (κ3) is 3.60. The fourth-order valence-corrected chi connectivity index (χ4v) is 3.88. The van der Waals surface area contributed by atoms with Crippen LogP contribution in [-0.2, 0) is 14.3 Å². The lowest BCUT2D eigenvalue weighted by atomic mass is 10.1. The number of para-hydroxylation sites is 1. The fraction of sp³-hybridized carbons (Fsp3) is 0.211. The van der Waals surface area contributed by atoms with Crippen molar-refractivity contribution in [1.82, 2.24) is 5.32 Å². The Morgan fingerprint density at radius 2 is 1.86 bits per heavy atom. The summed E-state index contributed by atoms with van der Waals surface area (Å²) in [4.78, 5) is 28.7. The van der Waals surface area contributed by atoms with Crippen LogP contribution in [0.1, 0.15) is 5.76 Å². The number of hydrogen-bond acceptors (Lipinski definition) is 6. The molecule has 0 radical (unpaired) electrons. The minimum atomic E-state index is -0.553. The highest BCUT2D eigenvalue weighted by Crippen LogP contribution is 2.32. The van der Waals surface area contributed by atoms with E-state index in [1.165, 1.54) is 11.0 Å². The molecule has 2 fully saturated rings. The zero-order valence-electron chi connectivity index (χ0n) is 14.7. The zero-order valence-corrected chi connectivity index (χ0v) is 17.1. The topological polar surface area (TPSA) is 75.0 Å². The number of rotatable bonds is 3. The molecule has 1 aromatic heterocycles. The Balaban J connectivity index is 1.65. The van der Waals surface area contributed by atoms with Crippen molar-refractivity contribution in [2.45, 2.75) is 0 Å². The van der Waals surface area contributed by atoms with E-state index < -0.39 is 11.8 Å². The molecule has 2 saturated heterocycles. The first-order valence-electron chi connectivity index (χ1n) is 8.63. The van der Waals surface area contributed by atoms with Crippen LogP contribution in [0.4, 0.5) is 11.6 Å². The van der Waals surface area contributed by atoms with Crippen LogP contribution in [-0.4, -0.2) is 43.2 Å². The van der Waals surface area contributed by atoms with Crippen molar-refractivity contribution < 1.29 is 18.7 Å². The molecule has 2 amide bonds. The average molecular weight is 462 g/mol. The van der Waals surface area contributed by atoms with Gasteiger partial charge >= 0.3 is 0 Å². The Labute approximate surface area is 175 Å². The van der Waals surface area contributed by atoms with Gasteiger partial charge in [-0.25, -0.2) is 0 Å². The molecule has 28 heavy (non-hydrogen) atoms. The Hall–Kier alpha value is -2.49. The number of anilines is 2. The van der Waals surface area contributed by atoms with Crippen LogP contribution in [0.15, 0.2) is 50.9 Å². The first-order chi connectivity index (χ1) is 13.5. The van der Waals surface area contributed by atoms with Gasteiger partial charge in [0.15, 0.2) is 5.11 Å². The highest BCUT2D eigenvalue weighted by atomic mass is 79.9. The molecule has 1 aromatic carbocycles. The van der Waals surface area contributed by atoms with Gasteiger partial charge in [0.1, 0.15) is 11.3 Å². The molecule has 9 heteroatoms. The predicted molar refractivity (Wildman–Crippen MR) is 112 cm³/mol. The number of carbonyl (C=O) groups excluding carboxylic acids is 2. The molecule has 144 valence electrons. The molecular weight excluding hydrogens is 446 g/mol. The zero-order chi connectivity index (χ0) is 19.7. The van der Waals surface area contributed by atoms with Gasteiger partial charge in [-0.15, -0.1) is 0 Å². The summed E-state index contributed by atoms with van der Waals surface area (Å²) in [6.07, 6.45) is 1.43. The highest BCUT2D eigenvalue weighted by molar-refractivity contribution is 9.10. The molecule has 2 aromatic rings. The normalized spacial score (nSPS) is 19.3. The smallest absolute Gasteiger partial charge is 0.270 e. The van der Waals surface area contributed by atoms with Crippen molar-refractivity contribution in [1.29, 1.82) is 0 Å². The monoisotopic (exact) mass is 461 g/mol. The third-order valence-electron chi connectivity index (χ3n) is 4.39. The fourth-order valence-electron chi connectivity index (χ4n) is 3.04. The first-order valence-corrected chi connectivity index (χ1v) is 9.83. The number of benzene rings is 1. The van der Waals surface area contributed by atoms with E-state index in [0.29, 0.717) is 43.6 Å². The second kappa shape index (κ2) is 7.86. The standard InChI is InChI=1S/C19H16BrN3O4S/c20-15-11-13(27-18(15)22-6-8-26-9-7-22)10-14-16(24)21-19(28)23(17(14)25)12-4-2-1-3-5-12/h1-5,10-11H,6-9H2,(H,21,24,28)/b14-10+. The molecule has 1 N–H and O–H groups in total. The molecule has 0 bridgehead atoms. The third-order valence-corrected chi connectivity index (χ3v) is 5.24. The van der Waals surface area contributed by atoms with Gasteiger partial charge in [-0.1, -0.05) is 18.2 Å². The van der Waals surface area contributed by atoms with Crippen LogP contribution in [0.5, 0.6) is 0 Å². The second-order valence-corrected chi connectivity index (χ2v) is 7.44. The van der Waals surface area contributed by atoms with Gasteiger partial charge < -0.3 is 14.1 Å². The van der Waals surface area contributed by atoms with Gasteiger partial charge in [-0.2, -0.15) is 0 Å². The van der Waals surface area contributed by atoms with E-state index in [2.05, 4.69) is 21.2 Å². The largest absolute Gasteiger partial charge is 0.440 e. The summed E-state index contributed by atoms with van der Waals surface area (Å²) in [7, 11) is 0. The molecule has 0 atom stereocenters. The van der Waals surface area contributed by atoms with Crippen molar-refractivity contribution >= 4 is 62.7 Å². The van der Waals surface area contributed by atoms with E-state index in [4.69, 9.17) is 21.4 Å². The Morgan fingerprint density at radius 1 is 1.14 bits per heavy atom. The second-order valence-electron chi connectivity index (χ2n) is 6.19. The van der Waals surface area contributed by atoms with E-state index in [9.17, 15) is 9.59 Å². The molecule has 2 aliphatic heterocycles. The number of amides is 2. The van der Waals surface area contributed by atoms with E-state index in [1.807, 2.05) is 11.0 Å². The Kier molecular flexibility index (Phi) is 5.29. The summed E-state index contributed by atoms with van der Waals surface area (Å²) in [5.74, 6) is -0.00929. The minimum absolute atomic E-state index is 0.0489. The molecule has 2 aliphatic rings. The number of nitrogens with one attached hydrogen (secondary N) is 1. The van der Waals surface area contributed by atoms with Crippen molar-refractivity contribution in [3.05, 3.63) is 52.2 Å². The lowest BCUT2D eigenvalue weighted by molar-refractivity contribution is -0.122. The number of morpholine rings is 1. The number of hydrogen-bond donors (Lipinski definition) is 1. The summed E-state index contributed by atoms with van der Waals surface area (Å²) in [6, 6.07) is 10.7. The molecular formula is C19H16BrN3O4S. The van der Waals surface area contributed by atoms with Crippen molar-refractivity contribution in [2.75, 3.05) is 36.1 Å². The molecule has 4 rings (SSSR count). The number of carbonyl (C=O) groups is 2. The quantitative estimate of drug-likeness (QED) is 0.430. The van der Waals surface area contributed by atoms with Crippen LogP contribution >= 0.6 is 28.1 Å². The van der Waals surface area contributed by atoms with Crippen molar-refractivity contribution in [2.24, 2.45) is 0 Å². The van der Waals surface area contributed by atoms with Crippen LogP contribution in [0.3, 0.4) is 0 Å². The lowest BCUT2D eigenvalue weighted by Gasteiger charge is -2.28. The van der Waals surface area contributed by atoms with Gasteiger partial charge in [-0.05, 0) is 46.4 Å². The van der Waals surface area contributed by atoms with Gasteiger partial charge in [0.25, 0.3) is 11.8 Å². The highest BCUT2D eigenvalue weighted by Gasteiger charge is 2.34. The number of halogens is 1. The van der Waals surface area contributed by atoms with Gasteiger partial charge in [-0.3, -0.25) is 19.8 Å². The van der Waals surface area contributed by atoms with Gasteiger partial charge in [0.05, 0.1) is 23.4 Å². The maximum absolute atomic E-state index is 13.0. The molecule has 7 nitrogen and oxygen atoms in total. The molecule has 0 saturated carbocycles.